The van der Waals surface area contributed by atoms with Crippen molar-refractivity contribution in [2.45, 2.75) is 13.3 Å². The molecule has 1 heteroatoms. The largest absolute Gasteiger partial charge is 2.00 e. The fourth-order valence-electron chi connectivity index (χ4n) is 0.970. The normalized spacial score (nSPS) is 21.9. The van der Waals surface area contributed by atoms with E-state index in [4.69, 9.17) is 0 Å². The predicted molar refractivity (Wildman–Crippen MR) is 52.2 cm³/mol. The van der Waals surface area contributed by atoms with Gasteiger partial charge in [-0.05, 0) is 70.1 Å². The molecule has 0 unspecified atom stereocenters. The van der Waals surface area contributed by atoms with Gasteiger partial charge in [-0.1, -0.05) is 6.92 Å². The third-order valence-corrected chi connectivity index (χ3v) is 1.70. The summed E-state index contributed by atoms with van der Waals surface area (Å²) in [6.45, 7) is 2.16. The van der Waals surface area contributed by atoms with Crippen molar-refractivity contribution in [2.75, 3.05) is 0 Å². The minimum absolute atomic E-state index is 0. The van der Waals surface area contributed by atoms with Gasteiger partial charge in [0, 0.05) is 0 Å². The van der Waals surface area contributed by atoms with Gasteiger partial charge in [0.15, 0.2) is 0 Å². The van der Waals surface area contributed by atoms with Crippen molar-refractivity contribution in [3.05, 3.63) is 63.7 Å². The average molecular weight is 214 g/mol. The quantitative estimate of drug-likeness (QED) is 0.588. The van der Waals surface area contributed by atoms with Gasteiger partial charge in [-0.2, -0.15) is 0 Å². The smallest absolute Gasteiger partial charge is 0.0648 e. The minimum Gasteiger partial charge on any atom is -0.0648 e. The van der Waals surface area contributed by atoms with Gasteiger partial charge in [-0.3, -0.25) is 0 Å². The van der Waals surface area contributed by atoms with Gasteiger partial charge >= 0.3 is 17.1 Å². The summed E-state index contributed by atoms with van der Waals surface area (Å²) in [6, 6.07) is 0. The van der Waals surface area contributed by atoms with Crippen LogP contribution in [0.25, 0.3) is 0 Å². The van der Waals surface area contributed by atoms with Gasteiger partial charge < -0.3 is 0 Å². The maximum absolute atomic E-state index is 2.16. The van der Waals surface area contributed by atoms with Crippen LogP contribution in [0, 0.1) is 63.7 Å². The Labute approximate surface area is 94.3 Å². The molecule has 0 aromatic rings. The van der Waals surface area contributed by atoms with Crippen LogP contribution in [0.3, 0.4) is 0 Å². The van der Waals surface area contributed by atoms with Crippen molar-refractivity contribution in [2.24, 2.45) is 0 Å². The van der Waals surface area contributed by atoms with Crippen LogP contribution in [0.2, 0.25) is 0 Å². The first-order chi connectivity index (χ1) is 5.93. The fourth-order valence-corrected chi connectivity index (χ4v) is 0.970. The summed E-state index contributed by atoms with van der Waals surface area (Å²) >= 11 is 0. The summed E-state index contributed by atoms with van der Waals surface area (Å²) in [5.74, 6) is 1.43. The number of hydrogen-bond donors (Lipinski definition) is 0. The Morgan fingerprint density at radius 3 is 1.38 bits per heavy atom. The zero-order valence-corrected chi connectivity index (χ0v) is 8.86. The van der Waals surface area contributed by atoms with Crippen LogP contribution < -0.4 is 0 Å². The van der Waals surface area contributed by atoms with E-state index < -0.39 is 0 Å². The molecule has 0 N–H and O–H groups in total. The Bertz CT molecular complexity index is 83.7. The summed E-state index contributed by atoms with van der Waals surface area (Å²) in [4.78, 5) is 0. The zero-order chi connectivity index (χ0) is 8.65. The summed E-state index contributed by atoms with van der Waals surface area (Å²) < 4.78 is 0. The molecule has 68 valence electrons. The maximum Gasteiger partial charge on any atom is 2.00 e. The first kappa shape index (κ1) is 13.5. The summed E-state index contributed by atoms with van der Waals surface area (Å²) in [6.07, 6.45) is 19.6. The molecule has 0 saturated heterocycles. The Hall–Kier alpha value is 0.519. The van der Waals surface area contributed by atoms with E-state index in [0.29, 0.717) is 0 Å². The molecule has 2 aliphatic rings. The zero-order valence-electron chi connectivity index (χ0n) is 7.76. The molecule has 0 aliphatic heterocycles. The molecule has 0 heterocycles. The van der Waals surface area contributed by atoms with Crippen molar-refractivity contribution < 1.29 is 17.1 Å². The van der Waals surface area contributed by atoms with Gasteiger partial charge in [-0.15, -0.1) is 0 Å². The molecular weight excluding hydrogens is 200 g/mol. The van der Waals surface area contributed by atoms with Crippen LogP contribution in [0.5, 0.6) is 0 Å². The maximum atomic E-state index is 2.16. The van der Waals surface area contributed by atoms with Gasteiger partial charge in [0.1, 0.15) is 0 Å². The van der Waals surface area contributed by atoms with Gasteiger partial charge in [0.05, 0.1) is 0 Å². The minimum atomic E-state index is 0. The third-order valence-electron chi connectivity index (χ3n) is 1.70. The first-order valence-corrected chi connectivity index (χ1v) is 4.30. The molecule has 13 heavy (non-hydrogen) atoms. The molecule has 0 atom stereocenters. The van der Waals surface area contributed by atoms with Crippen LogP contribution in [-0.2, 0) is 17.1 Å². The molecule has 2 rings (SSSR count). The van der Waals surface area contributed by atoms with Crippen molar-refractivity contribution >= 4 is 0 Å². The first-order valence-electron chi connectivity index (χ1n) is 4.30. The van der Waals surface area contributed by atoms with Crippen molar-refractivity contribution in [1.29, 1.82) is 0 Å². The molecule has 0 spiro atoms. The van der Waals surface area contributed by atoms with E-state index in [9.17, 15) is 0 Å². The van der Waals surface area contributed by atoms with E-state index in [2.05, 4.69) is 32.6 Å². The number of hydrogen-bond acceptors (Lipinski definition) is 0. The fraction of sp³-hybridized carbons (Fsp3) is 0.167. The molecule has 2 saturated carbocycles. The van der Waals surface area contributed by atoms with E-state index in [1.54, 1.807) is 0 Å². The summed E-state index contributed by atoms with van der Waals surface area (Å²) in [7, 11) is 0. The van der Waals surface area contributed by atoms with Crippen LogP contribution in [-0.4, -0.2) is 0 Å². The van der Waals surface area contributed by atoms with Crippen LogP contribution in [0.15, 0.2) is 0 Å². The molecule has 2 fully saturated rings. The topological polar surface area (TPSA) is 0 Å². The van der Waals surface area contributed by atoms with Gasteiger partial charge in [0.2, 0.25) is 0 Å². The van der Waals surface area contributed by atoms with Crippen molar-refractivity contribution in [3.63, 3.8) is 0 Å². The Morgan fingerprint density at radius 1 is 0.769 bits per heavy atom. The van der Waals surface area contributed by atoms with E-state index in [0.717, 1.165) is 6.42 Å². The van der Waals surface area contributed by atoms with Crippen molar-refractivity contribution in [1.82, 2.24) is 0 Å². The number of rotatable bonds is 1. The Kier molecular flexibility index (Phi) is 9.45. The van der Waals surface area contributed by atoms with Crippen LogP contribution in [0.1, 0.15) is 13.3 Å². The monoisotopic (exact) mass is 214 g/mol. The van der Waals surface area contributed by atoms with Crippen LogP contribution >= 0.6 is 0 Å². The second-order valence-electron chi connectivity index (χ2n) is 2.61. The summed E-state index contributed by atoms with van der Waals surface area (Å²) in [5.41, 5.74) is 0. The van der Waals surface area contributed by atoms with Crippen molar-refractivity contribution in [3.8, 4) is 0 Å². The standard InChI is InChI=1S/C7H9.C5H5.Fe/c1-2-7-5-3-4-6-7;1-2-4-5-3-1;/h3-6H,2H2,1H3;1-5H;/q;;+2. The molecule has 2 aliphatic carbocycles. The predicted octanol–water partition coefficient (Wildman–Crippen LogP) is 2.82. The second kappa shape index (κ2) is 9.09. The van der Waals surface area contributed by atoms with E-state index in [1.165, 1.54) is 5.92 Å². The molecule has 0 bridgehead atoms. The molecular formula is C12H14Fe+2. The average Bonchev–Trinajstić information content (AvgIpc) is 2.81. The Balaban J connectivity index is 0.000000215. The molecule has 0 aromatic heterocycles. The van der Waals surface area contributed by atoms with Crippen LogP contribution in [0.4, 0.5) is 0 Å². The van der Waals surface area contributed by atoms with Gasteiger partial charge in [-0.25, -0.2) is 0 Å². The van der Waals surface area contributed by atoms with E-state index in [1.807, 2.05) is 32.1 Å². The third kappa shape index (κ3) is 6.57. The molecule has 0 amide bonds. The van der Waals surface area contributed by atoms with E-state index in [-0.39, 0.29) is 17.1 Å². The second-order valence-corrected chi connectivity index (χ2v) is 2.61. The molecule has 10 radical (unpaired) electrons. The van der Waals surface area contributed by atoms with Gasteiger partial charge in [0.25, 0.3) is 0 Å². The Morgan fingerprint density at radius 2 is 1.15 bits per heavy atom. The summed E-state index contributed by atoms with van der Waals surface area (Å²) in [5, 5.41) is 0. The van der Waals surface area contributed by atoms with E-state index >= 15 is 0 Å². The molecule has 0 aromatic carbocycles. The molecule has 0 nitrogen and oxygen atoms in total. The SMILES string of the molecule is CC[C]1[CH][CH][CH][CH]1.[CH]1[CH][CH][CH][CH]1.[Fe+2].